The van der Waals surface area contributed by atoms with Gasteiger partial charge in [-0.1, -0.05) is 12.1 Å². The molecule has 0 saturated carbocycles. The van der Waals surface area contributed by atoms with E-state index in [0.29, 0.717) is 31.5 Å². The Balaban J connectivity index is 1.86. The molecule has 2 aromatic rings. The van der Waals surface area contributed by atoms with Crippen LogP contribution in [0.2, 0.25) is 0 Å². The van der Waals surface area contributed by atoms with Crippen molar-refractivity contribution < 1.29 is 9.13 Å². The number of nitrogens with one attached hydrogen (secondary N) is 2. The highest BCUT2D eigenvalue weighted by molar-refractivity contribution is 5.79. The van der Waals surface area contributed by atoms with Gasteiger partial charge in [-0.2, -0.15) is 0 Å². The molecule has 0 bridgehead atoms. The summed E-state index contributed by atoms with van der Waals surface area (Å²) in [7, 11) is 1.69. The highest BCUT2D eigenvalue weighted by Crippen LogP contribution is 2.09. The van der Waals surface area contributed by atoms with Crippen LogP contribution in [-0.2, 0) is 13.1 Å². The summed E-state index contributed by atoms with van der Waals surface area (Å²) in [6.45, 7) is 3.59. The van der Waals surface area contributed by atoms with Crippen molar-refractivity contribution in [2.45, 2.75) is 20.0 Å². The summed E-state index contributed by atoms with van der Waals surface area (Å²) in [5.41, 5.74) is 1.90. The fourth-order valence-electron chi connectivity index (χ4n) is 2.03. The van der Waals surface area contributed by atoms with Crippen molar-refractivity contribution in [1.82, 2.24) is 15.6 Å². The van der Waals surface area contributed by atoms with E-state index in [2.05, 4.69) is 20.6 Å². The molecule has 2 rings (SSSR count). The van der Waals surface area contributed by atoms with Crippen LogP contribution in [0.4, 0.5) is 4.39 Å². The molecule has 2 N–H and O–H groups in total. The van der Waals surface area contributed by atoms with Crippen LogP contribution in [0.3, 0.4) is 0 Å². The second kappa shape index (κ2) is 8.73. The molecule has 0 saturated heterocycles. The molecule has 0 spiro atoms. The van der Waals surface area contributed by atoms with Crippen molar-refractivity contribution in [2.75, 3.05) is 13.7 Å². The molecular formula is C17H21FN4O. The van der Waals surface area contributed by atoms with E-state index in [1.165, 1.54) is 12.1 Å². The molecule has 0 atom stereocenters. The zero-order valence-electron chi connectivity index (χ0n) is 13.3. The van der Waals surface area contributed by atoms with Gasteiger partial charge in [0.15, 0.2) is 5.96 Å². The smallest absolute Gasteiger partial charge is 0.213 e. The van der Waals surface area contributed by atoms with Crippen molar-refractivity contribution in [3.63, 3.8) is 0 Å². The van der Waals surface area contributed by atoms with Gasteiger partial charge in [0.05, 0.1) is 6.61 Å². The molecule has 1 aromatic carbocycles. The van der Waals surface area contributed by atoms with Gasteiger partial charge >= 0.3 is 0 Å². The number of benzene rings is 1. The predicted octanol–water partition coefficient (Wildman–Crippen LogP) is 2.48. The number of rotatable bonds is 6. The van der Waals surface area contributed by atoms with Gasteiger partial charge in [-0.25, -0.2) is 9.37 Å². The SMILES string of the molecule is CCOc1cc(CNC(=NC)NCc2cccc(F)c2)ccn1. The second-order valence-corrected chi connectivity index (χ2v) is 4.84. The van der Waals surface area contributed by atoms with Gasteiger partial charge in [-0.15, -0.1) is 0 Å². The van der Waals surface area contributed by atoms with E-state index in [-0.39, 0.29) is 5.82 Å². The summed E-state index contributed by atoms with van der Waals surface area (Å²) < 4.78 is 18.5. The molecule has 122 valence electrons. The van der Waals surface area contributed by atoms with Gasteiger partial charge in [0.1, 0.15) is 5.82 Å². The molecule has 0 radical (unpaired) electrons. The Labute approximate surface area is 135 Å². The number of hydrogen-bond donors (Lipinski definition) is 2. The molecule has 0 aliphatic carbocycles. The Morgan fingerprint density at radius 1 is 1.17 bits per heavy atom. The summed E-state index contributed by atoms with van der Waals surface area (Å²) >= 11 is 0. The molecule has 0 unspecified atom stereocenters. The van der Waals surface area contributed by atoms with Crippen molar-refractivity contribution in [2.24, 2.45) is 4.99 Å². The summed E-state index contributed by atoms with van der Waals surface area (Å²) in [5, 5.41) is 6.35. The largest absolute Gasteiger partial charge is 0.478 e. The van der Waals surface area contributed by atoms with Gasteiger partial charge in [0.2, 0.25) is 5.88 Å². The lowest BCUT2D eigenvalue weighted by Crippen LogP contribution is -2.36. The topological polar surface area (TPSA) is 58.5 Å². The lowest BCUT2D eigenvalue weighted by Gasteiger charge is -2.12. The van der Waals surface area contributed by atoms with Crippen LogP contribution in [0.25, 0.3) is 0 Å². The van der Waals surface area contributed by atoms with Crippen molar-refractivity contribution >= 4 is 5.96 Å². The lowest BCUT2D eigenvalue weighted by molar-refractivity contribution is 0.326. The third-order valence-corrected chi connectivity index (χ3v) is 3.12. The van der Waals surface area contributed by atoms with Crippen molar-refractivity contribution in [3.8, 4) is 5.88 Å². The Morgan fingerprint density at radius 2 is 1.91 bits per heavy atom. The minimum Gasteiger partial charge on any atom is -0.478 e. The average Bonchev–Trinajstić information content (AvgIpc) is 2.56. The van der Waals surface area contributed by atoms with E-state index in [1.807, 2.05) is 25.1 Å². The number of aliphatic imine (C=N–C) groups is 1. The molecular weight excluding hydrogens is 295 g/mol. The standard InChI is InChI=1S/C17H21FN4O/c1-3-23-16-10-14(7-8-20-16)12-22-17(19-2)21-11-13-5-4-6-15(18)9-13/h4-10H,3,11-12H2,1-2H3,(H2,19,21,22). The number of aromatic nitrogens is 1. The Kier molecular flexibility index (Phi) is 6.35. The minimum absolute atomic E-state index is 0.243. The number of ether oxygens (including phenoxy) is 1. The van der Waals surface area contributed by atoms with Gasteiger partial charge in [0, 0.05) is 32.4 Å². The predicted molar refractivity (Wildman–Crippen MR) is 88.8 cm³/mol. The highest BCUT2D eigenvalue weighted by Gasteiger charge is 2.02. The van der Waals surface area contributed by atoms with E-state index in [9.17, 15) is 4.39 Å². The number of guanidine groups is 1. The van der Waals surface area contributed by atoms with E-state index in [4.69, 9.17) is 4.74 Å². The number of pyridine rings is 1. The maximum atomic E-state index is 13.2. The van der Waals surface area contributed by atoms with E-state index >= 15 is 0 Å². The molecule has 0 fully saturated rings. The normalized spacial score (nSPS) is 11.2. The van der Waals surface area contributed by atoms with Crippen LogP contribution in [-0.4, -0.2) is 24.6 Å². The fraction of sp³-hybridized carbons (Fsp3) is 0.294. The molecule has 6 heteroatoms. The van der Waals surface area contributed by atoms with Crippen LogP contribution in [0.1, 0.15) is 18.1 Å². The molecule has 23 heavy (non-hydrogen) atoms. The second-order valence-electron chi connectivity index (χ2n) is 4.84. The maximum Gasteiger partial charge on any atom is 0.213 e. The van der Waals surface area contributed by atoms with E-state index in [1.54, 1.807) is 19.3 Å². The molecule has 1 aromatic heterocycles. The zero-order valence-corrected chi connectivity index (χ0v) is 13.3. The first-order valence-electron chi connectivity index (χ1n) is 7.48. The van der Waals surface area contributed by atoms with Crippen LogP contribution in [0.5, 0.6) is 5.88 Å². The first-order valence-corrected chi connectivity index (χ1v) is 7.48. The molecule has 1 heterocycles. The average molecular weight is 316 g/mol. The first-order chi connectivity index (χ1) is 11.2. The molecule has 0 aliphatic heterocycles. The highest BCUT2D eigenvalue weighted by atomic mass is 19.1. The third kappa shape index (κ3) is 5.58. The van der Waals surface area contributed by atoms with E-state index in [0.717, 1.165) is 11.1 Å². The third-order valence-electron chi connectivity index (χ3n) is 3.12. The number of halogens is 1. The van der Waals surface area contributed by atoms with E-state index < -0.39 is 0 Å². The zero-order chi connectivity index (χ0) is 16.5. The summed E-state index contributed by atoms with van der Waals surface area (Å²) in [6, 6.07) is 10.3. The van der Waals surface area contributed by atoms with Crippen molar-refractivity contribution in [1.29, 1.82) is 0 Å². The summed E-state index contributed by atoms with van der Waals surface area (Å²) in [6.07, 6.45) is 1.71. The number of hydrogen-bond acceptors (Lipinski definition) is 3. The van der Waals surface area contributed by atoms with Gasteiger partial charge in [-0.3, -0.25) is 4.99 Å². The fourth-order valence-corrected chi connectivity index (χ4v) is 2.03. The van der Waals surface area contributed by atoms with Gasteiger partial charge in [-0.05, 0) is 36.2 Å². The quantitative estimate of drug-likeness (QED) is 0.635. The Hall–Kier alpha value is -2.63. The summed E-state index contributed by atoms with van der Waals surface area (Å²) in [4.78, 5) is 8.28. The van der Waals surface area contributed by atoms with Crippen molar-refractivity contribution in [3.05, 3.63) is 59.5 Å². The maximum absolute atomic E-state index is 13.2. The van der Waals surface area contributed by atoms with Crippen LogP contribution < -0.4 is 15.4 Å². The van der Waals surface area contributed by atoms with Crippen LogP contribution in [0, 0.1) is 5.82 Å². The first kappa shape index (κ1) is 16.7. The summed E-state index contributed by atoms with van der Waals surface area (Å²) in [5.74, 6) is 1.01. The lowest BCUT2D eigenvalue weighted by atomic mass is 10.2. The molecule has 0 aliphatic rings. The molecule has 0 amide bonds. The Morgan fingerprint density at radius 3 is 2.57 bits per heavy atom. The molecule has 5 nitrogen and oxygen atoms in total. The van der Waals surface area contributed by atoms with Crippen LogP contribution in [0.15, 0.2) is 47.6 Å². The monoisotopic (exact) mass is 316 g/mol. The van der Waals surface area contributed by atoms with Gasteiger partial charge < -0.3 is 15.4 Å². The van der Waals surface area contributed by atoms with Crippen LogP contribution >= 0.6 is 0 Å². The minimum atomic E-state index is -0.243. The van der Waals surface area contributed by atoms with Gasteiger partial charge in [0.25, 0.3) is 0 Å². The Bertz CT molecular complexity index is 661. The number of nitrogens with zero attached hydrogens (tertiary/aromatic N) is 2.